The van der Waals surface area contributed by atoms with E-state index in [1.807, 2.05) is 0 Å². The number of aromatic nitrogens is 1. The molecule has 0 fully saturated rings. The first-order valence-corrected chi connectivity index (χ1v) is 8.49. The van der Waals surface area contributed by atoms with Crippen molar-refractivity contribution in [2.45, 2.75) is 6.18 Å². The van der Waals surface area contributed by atoms with Crippen molar-refractivity contribution >= 4 is 17.5 Å². The average Bonchev–Trinajstić information content (AvgIpc) is 2.68. The maximum atomic E-state index is 13.0. The molecule has 1 aromatic heterocycles. The molecule has 0 spiro atoms. The normalized spacial score (nSPS) is 11.2. The lowest BCUT2D eigenvalue weighted by Crippen LogP contribution is -2.18. The maximum absolute atomic E-state index is 13.0. The molecule has 0 atom stereocenters. The quantitative estimate of drug-likeness (QED) is 0.616. The molecule has 0 saturated heterocycles. The third-order valence-electron chi connectivity index (χ3n) is 3.89. The number of benzene rings is 2. The lowest BCUT2D eigenvalue weighted by molar-refractivity contribution is -0.137. The van der Waals surface area contributed by atoms with Crippen LogP contribution in [-0.4, -0.2) is 17.9 Å². The van der Waals surface area contributed by atoms with Crippen molar-refractivity contribution in [1.82, 2.24) is 10.3 Å². The van der Waals surface area contributed by atoms with E-state index in [0.29, 0.717) is 22.6 Å². The van der Waals surface area contributed by atoms with E-state index in [9.17, 15) is 18.0 Å². The Balaban J connectivity index is 1.82. The molecule has 3 aromatic rings. The number of carbonyl (C=O) groups is 1. The van der Waals surface area contributed by atoms with Gasteiger partial charge in [-0.05, 0) is 41.5 Å². The Hall–Kier alpha value is -3.06. The van der Waals surface area contributed by atoms with Crippen molar-refractivity contribution in [3.05, 3.63) is 77.1 Å². The number of ether oxygens (including phenoxy) is 1. The fourth-order valence-corrected chi connectivity index (χ4v) is 2.73. The highest BCUT2D eigenvalue weighted by molar-refractivity contribution is 6.31. The zero-order valence-electron chi connectivity index (χ0n) is 14.5. The van der Waals surface area contributed by atoms with Crippen LogP contribution < -0.4 is 10.1 Å². The van der Waals surface area contributed by atoms with Gasteiger partial charge >= 0.3 is 6.18 Å². The number of nitrogens with one attached hydrogen (secondary N) is 1. The molecule has 0 aliphatic heterocycles. The number of alkyl halides is 3. The summed E-state index contributed by atoms with van der Waals surface area (Å²) >= 11 is 5.66. The van der Waals surface area contributed by atoms with Gasteiger partial charge in [0.2, 0.25) is 0 Å². The first kappa shape index (κ1) is 19.7. The molecule has 1 heterocycles. The van der Waals surface area contributed by atoms with Crippen molar-refractivity contribution in [3.63, 3.8) is 0 Å². The summed E-state index contributed by atoms with van der Waals surface area (Å²) in [6.45, 7) is 0. The standard InChI is InChI=1S/C20H14ClF3N2O2/c1-25-19(27)18-11-15(8-9-26-18)28-14-5-2-12(3-6-14)13-4-7-17(21)16(10-13)20(22,23)24/h2-11H,1H3,(H,25,27). The highest BCUT2D eigenvalue weighted by atomic mass is 35.5. The molecule has 28 heavy (non-hydrogen) atoms. The lowest BCUT2D eigenvalue weighted by Gasteiger charge is -2.12. The van der Waals surface area contributed by atoms with E-state index in [1.165, 1.54) is 31.4 Å². The number of nitrogens with zero attached hydrogens (tertiary/aromatic N) is 1. The molecule has 144 valence electrons. The van der Waals surface area contributed by atoms with Crippen LogP contribution in [-0.2, 0) is 6.18 Å². The van der Waals surface area contributed by atoms with Crippen LogP contribution in [0.1, 0.15) is 16.1 Å². The minimum absolute atomic E-state index is 0.206. The SMILES string of the molecule is CNC(=O)c1cc(Oc2ccc(-c3ccc(Cl)c(C(F)(F)F)c3)cc2)ccn1. The molecule has 0 radical (unpaired) electrons. The van der Waals surface area contributed by atoms with Gasteiger partial charge in [-0.3, -0.25) is 9.78 Å². The number of amides is 1. The second-order valence-electron chi connectivity index (χ2n) is 5.77. The molecule has 0 aliphatic rings. The van der Waals surface area contributed by atoms with Crippen molar-refractivity contribution < 1.29 is 22.7 Å². The summed E-state index contributed by atoms with van der Waals surface area (Å²) in [6.07, 6.45) is -3.08. The van der Waals surface area contributed by atoms with E-state index >= 15 is 0 Å². The Kier molecular flexibility index (Phi) is 5.56. The first-order valence-electron chi connectivity index (χ1n) is 8.11. The summed E-state index contributed by atoms with van der Waals surface area (Å²) in [4.78, 5) is 15.6. The highest BCUT2D eigenvalue weighted by Gasteiger charge is 2.33. The Bertz CT molecular complexity index is 1010. The number of halogens is 4. The zero-order valence-corrected chi connectivity index (χ0v) is 15.3. The van der Waals surface area contributed by atoms with E-state index in [4.69, 9.17) is 16.3 Å². The van der Waals surface area contributed by atoms with Crippen molar-refractivity contribution in [2.75, 3.05) is 7.05 Å². The van der Waals surface area contributed by atoms with Gasteiger partial charge in [0, 0.05) is 19.3 Å². The summed E-state index contributed by atoms with van der Waals surface area (Å²) in [5, 5.41) is 2.12. The van der Waals surface area contributed by atoms with Crippen molar-refractivity contribution in [2.24, 2.45) is 0 Å². The van der Waals surface area contributed by atoms with E-state index in [1.54, 1.807) is 30.3 Å². The largest absolute Gasteiger partial charge is 0.457 e. The van der Waals surface area contributed by atoms with E-state index in [-0.39, 0.29) is 16.6 Å². The second kappa shape index (κ2) is 7.90. The summed E-state index contributed by atoms with van der Waals surface area (Å²) < 4.78 is 44.8. The number of hydrogen-bond donors (Lipinski definition) is 1. The topological polar surface area (TPSA) is 51.2 Å². The molecular weight excluding hydrogens is 393 g/mol. The molecule has 1 N–H and O–H groups in total. The molecule has 1 amide bonds. The number of hydrogen-bond acceptors (Lipinski definition) is 3. The van der Waals surface area contributed by atoms with Crippen LogP contribution in [0, 0.1) is 0 Å². The van der Waals surface area contributed by atoms with Gasteiger partial charge in [-0.1, -0.05) is 29.8 Å². The Morgan fingerprint density at radius 2 is 1.68 bits per heavy atom. The molecule has 4 nitrogen and oxygen atoms in total. The van der Waals surface area contributed by atoms with Crippen LogP contribution in [0.3, 0.4) is 0 Å². The molecule has 0 saturated carbocycles. The molecule has 3 rings (SSSR count). The minimum atomic E-state index is -4.53. The third kappa shape index (κ3) is 4.43. The fraction of sp³-hybridized carbons (Fsp3) is 0.100. The Labute approximate surface area is 163 Å². The lowest BCUT2D eigenvalue weighted by atomic mass is 10.0. The van der Waals surface area contributed by atoms with Crippen molar-refractivity contribution in [1.29, 1.82) is 0 Å². The van der Waals surface area contributed by atoms with Gasteiger partial charge < -0.3 is 10.1 Å². The van der Waals surface area contributed by atoms with E-state index < -0.39 is 11.7 Å². The minimum Gasteiger partial charge on any atom is -0.457 e. The molecular formula is C20H14ClF3N2O2. The van der Waals surface area contributed by atoms with Gasteiger partial charge in [-0.15, -0.1) is 0 Å². The van der Waals surface area contributed by atoms with Gasteiger partial charge in [0.25, 0.3) is 5.91 Å². The smallest absolute Gasteiger partial charge is 0.417 e. The summed E-state index contributed by atoms with van der Waals surface area (Å²) in [6, 6.07) is 13.4. The summed E-state index contributed by atoms with van der Waals surface area (Å²) in [5.74, 6) is 0.527. The monoisotopic (exact) mass is 406 g/mol. The maximum Gasteiger partial charge on any atom is 0.417 e. The Morgan fingerprint density at radius 3 is 2.32 bits per heavy atom. The molecule has 8 heteroatoms. The Morgan fingerprint density at radius 1 is 1.00 bits per heavy atom. The predicted molar refractivity (Wildman–Crippen MR) is 99.6 cm³/mol. The number of pyridine rings is 1. The van der Waals surface area contributed by atoms with Crippen LogP contribution in [0.15, 0.2) is 60.8 Å². The van der Waals surface area contributed by atoms with Crippen LogP contribution in [0.5, 0.6) is 11.5 Å². The van der Waals surface area contributed by atoms with E-state index in [2.05, 4.69) is 10.3 Å². The van der Waals surface area contributed by atoms with Gasteiger partial charge in [-0.2, -0.15) is 13.2 Å². The summed E-state index contributed by atoms with van der Waals surface area (Å²) in [5.41, 5.74) is 0.285. The summed E-state index contributed by atoms with van der Waals surface area (Å²) in [7, 11) is 1.50. The average molecular weight is 407 g/mol. The van der Waals surface area contributed by atoms with E-state index in [0.717, 1.165) is 6.07 Å². The molecule has 0 aliphatic carbocycles. The third-order valence-corrected chi connectivity index (χ3v) is 4.22. The second-order valence-corrected chi connectivity index (χ2v) is 6.18. The van der Waals surface area contributed by atoms with Gasteiger partial charge in [0.1, 0.15) is 17.2 Å². The van der Waals surface area contributed by atoms with Crippen LogP contribution >= 0.6 is 11.6 Å². The number of rotatable bonds is 4. The number of carbonyl (C=O) groups excluding carboxylic acids is 1. The van der Waals surface area contributed by atoms with Crippen LogP contribution in [0.4, 0.5) is 13.2 Å². The molecule has 0 unspecified atom stereocenters. The first-order chi connectivity index (χ1) is 13.3. The van der Waals surface area contributed by atoms with Gasteiger partial charge in [0.05, 0.1) is 10.6 Å². The van der Waals surface area contributed by atoms with Crippen LogP contribution in [0.2, 0.25) is 5.02 Å². The van der Waals surface area contributed by atoms with Gasteiger partial charge in [-0.25, -0.2) is 0 Å². The zero-order chi connectivity index (χ0) is 20.3. The van der Waals surface area contributed by atoms with Crippen molar-refractivity contribution in [3.8, 4) is 22.6 Å². The van der Waals surface area contributed by atoms with Crippen LogP contribution in [0.25, 0.3) is 11.1 Å². The van der Waals surface area contributed by atoms with Gasteiger partial charge in [0.15, 0.2) is 0 Å². The predicted octanol–water partition coefficient (Wildman–Crippen LogP) is 5.57. The molecule has 0 bridgehead atoms. The highest BCUT2D eigenvalue weighted by Crippen LogP contribution is 2.37. The fourth-order valence-electron chi connectivity index (χ4n) is 2.50. The molecule has 2 aromatic carbocycles.